The van der Waals surface area contributed by atoms with Gasteiger partial charge in [-0.1, -0.05) is 30.0 Å². The second-order valence-electron chi connectivity index (χ2n) is 6.23. The lowest BCUT2D eigenvalue weighted by Gasteiger charge is -2.31. The van der Waals surface area contributed by atoms with Crippen LogP contribution in [0.4, 0.5) is 5.69 Å². The van der Waals surface area contributed by atoms with Crippen LogP contribution in [0.2, 0.25) is 0 Å². The van der Waals surface area contributed by atoms with Crippen LogP contribution in [-0.4, -0.2) is 38.7 Å². The van der Waals surface area contributed by atoms with Gasteiger partial charge in [-0.25, -0.2) is 0 Å². The van der Waals surface area contributed by atoms with E-state index in [1.54, 1.807) is 11.8 Å². The van der Waals surface area contributed by atoms with E-state index in [1.807, 2.05) is 0 Å². The van der Waals surface area contributed by atoms with Crippen molar-refractivity contribution in [3.63, 3.8) is 0 Å². The topological polar surface area (TPSA) is 54.2 Å². The Labute approximate surface area is 140 Å². The minimum atomic E-state index is -0.0242. The van der Waals surface area contributed by atoms with E-state index in [-0.39, 0.29) is 6.61 Å². The van der Waals surface area contributed by atoms with Crippen molar-refractivity contribution in [2.45, 2.75) is 43.5 Å². The van der Waals surface area contributed by atoms with Gasteiger partial charge in [0.25, 0.3) is 0 Å². The summed E-state index contributed by atoms with van der Waals surface area (Å²) in [6.45, 7) is 2.13. The van der Waals surface area contributed by atoms with Crippen LogP contribution in [0, 0.1) is 0 Å². The van der Waals surface area contributed by atoms with E-state index in [2.05, 4.69) is 43.9 Å². The lowest BCUT2D eigenvalue weighted by atomic mass is 10.0. The number of thioether (sulfide) groups is 1. The van der Waals surface area contributed by atoms with E-state index in [4.69, 9.17) is 0 Å². The zero-order chi connectivity index (χ0) is 15.6. The van der Waals surface area contributed by atoms with E-state index < -0.39 is 0 Å². The summed E-state index contributed by atoms with van der Waals surface area (Å²) in [4.78, 5) is 2.48. The van der Waals surface area contributed by atoms with E-state index in [0.29, 0.717) is 11.9 Å². The first-order valence-electron chi connectivity index (χ1n) is 8.37. The molecule has 2 aromatic rings. The minimum Gasteiger partial charge on any atom is -0.388 e. The number of aliphatic hydroxyl groups excluding tert-OH is 1. The van der Waals surface area contributed by atoms with Crippen molar-refractivity contribution < 1.29 is 5.11 Å². The smallest absolute Gasteiger partial charge is 0.191 e. The summed E-state index contributed by atoms with van der Waals surface area (Å²) in [5, 5.41) is 18.8. The van der Waals surface area contributed by atoms with Crippen molar-refractivity contribution in [2.24, 2.45) is 0 Å². The van der Waals surface area contributed by atoms with Gasteiger partial charge in [-0.3, -0.25) is 0 Å². The van der Waals surface area contributed by atoms with E-state index in [0.717, 1.165) is 24.0 Å². The molecule has 122 valence electrons. The highest BCUT2D eigenvalue weighted by Gasteiger charge is 2.29. The van der Waals surface area contributed by atoms with Gasteiger partial charge in [0.1, 0.15) is 6.61 Å². The Balaban J connectivity index is 1.41. The number of hydrogen-bond donors (Lipinski definition) is 1. The summed E-state index contributed by atoms with van der Waals surface area (Å²) < 4.78 is 2.13. The molecule has 0 amide bonds. The Morgan fingerprint density at radius 1 is 1.22 bits per heavy atom. The third kappa shape index (κ3) is 3.10. The SMILES string of the molecule is OCc1nnc(SCCN2CCCc3ccccc32)n1C1CC1. The van der Waals surface area contributed by atoms with Crippen molar-refractivity contribution in [1.82, 2.24) is 14.8 Å². The molecular formula is C17H22N4OS. The molecule has 1 aliphatic heterocycles. The first-order valence-corrected chi connectivity index (χ1v) is 9.35. The third-order valence-electron chi connectivity index (χ3n) is 4.59. The lowest BCUT2D eigenvalue weighted by molar-refractivity contribution is 0.263. The van der Waals surface area contributed by atoms with E-state index >= 15 is 0 Å². The average molecular weight is 330 g/mol. The van der Waals surface area contributed by atoms with Gasteiger partial charge in [0.15, 0.2) is 11.0 Å². The van der Waals surface area contributed by atoms with Crippen LogP contribution in [0.3, 0.4) is 0 Å². The van der Waals surface area contributed by atoms with Crippen LogP contribution in [0.15, 0.2) is 29.4 Å². The van der Waals surface area contributed by atoms with Gasteiger partial charge < -0.3 is 14.6 Å². The first kappa shape index (κ1) is 15.0. The standard InChI is InChI=1S/C17H22N4OS/c22-12-16-18-19-17(21(16)14-7-8-14)23-11-10-20-9-3-5-13-4-1-2-6-15(13)20/h1-2,4,6,14,22H,3,5,7-12H2. The third-order valence-corrected chi connectivity index (χ3v) is 5.51. The van der Waals surface area contributed by atoms with Crippen molar-refractivity contribution >= 4 is 17.4 Å². The number of aryl methyl sites for hydroxylation is 1. The second-order valence-corrected chi connectivity index (χ2v) is 7.29. The maximum Gasteiger partial charge on any atom is 0.191 e. The van der Waals surface area contributed by atoms with Crippen molar-refractivity contribution in [2.75, 3.05) is 23.7 Å². The first-order chi connectivity index (χ1) is 11.4. The normalized spacial score (nSPS) is 17.3. The summed E-state index contributed by atoms with van der Waals surface area (Å²) in [6, 6.07) is 9.24. The van der Waals surface area contributed by atoms with E-state index in [1.165, 1.54) is 36.9 Å². The van der Waals surface area contributed by atoms with Gasteiger partial charge in [-0.2, -0.15) is 0 Å². The fraction of sp³-hybridized carbons (Fsp3) is 0.529. The maximum atomic E-state index is 9.41. The molecule has 1 aliphatic carbocycles. The summed E-state index contributed by atoms with van der Waals surface area (Å²) in [5.74, 6) is 1.70. The molecule has 0 bridgehead atoms. The number of benzene rings is 1. The fourth-order valence-electron chi connectivity index (χ4n) is 3.30. The number of rotatable bonds is 6. The molecule has 6 heteroatoms. The molecule has 5 nitrogen and oxygen atoms in total. The Bertz CT molecular complexity index is 683. The fourth-order valence-corrected chi connectivity index (χ4v) is 4.29. The van der Waals surface area contributed by atoms with Gasteiger partial charge in [0, 0.05) is 30.6 Å². The van der Waals surface area contributed by atoms with Crippen LogP contribution in [-0.2, 0) is 13.0 Å². The summed E-state index contributed by atoms with van der Waals surface area (Å²) in [6.07, 6.45) is 4.78. The molecular weight excluding hydrogens is 308 g/mol. The molecule has 1 fully saturated rings. The van der Waals surface area contributed by atoms with Crippen LogP contribution >= 0.6 is 11.8 Å². The number of hydrogen-bond acceptors (Lipinski definition) is 5. The predicted octanol–water partition coefficient (Wildman–Crippen LogP) is 2.65. The quantitative estimate of drug-likeness (QED) is 0.825. The molecule has 2 aliphatic rings. The van der Waals surface area contributed by atoms with Crippen LogP contribution in [0.25, 0.3) is 0 Å². The summed E-state index contributed by atoms with van der Waals surface area (Å²) in [5.41, 5.74) is 2.85. The lowest BCUT2D eigenvalue weighted by Crippen LogP contribution is -2.31. The molecule has 0 atom stereocenters. The van der Waals surface area contributed by atoms with Crippen molar-refractivity contribution in [1.29, 1.82) is 0 Å². The largest absolute Gasteiger partial charge is 0.388 e. The van der Waals surface area contributed by atoms with Crippen molar-refractivity contribution in [3.05, 3.63) is 35.7 Å². The van der Waals surface area contributed by atoms with Gasteiger partial charge >= 0.3 is 0 Å². The highest BCUT2D eigenvalue weighted by Crippen LogP contribution is 2.38. The molecule has 1 saturated carbocycles. The highest BCUT2D eigenvalue weighted by atomic mass is 32.2. The number of fused-ring (bicyclic) bond motifs is 1. The Morgan fingerprint density at radius 3 is 2.91 bits per heavy atom. The minimum absolute atomic E-state index is 0.0242. The molecule has 0 spiro atoms. The van der Waals surface area contributed by atoms with Crippen LogP contribution in [0.1, 0.15) is 36.7 Å². The molecule has 1 aromatic heterocycles. The van der Waals surface area contributed by atoms with Crippen LogP contribution in [0.5, 0.6) is 0 Å². The second kappa shape index (κ2) is 6.53. The average Bonchev–Trinajstić information content (AvgIpc) is 3.35. The van der Waals surface area contributed by atoms with Gasteiger partial charge in [0.05, 0.1) is 0 Å². The number of aromatic nitrogens is 3. The molecule has 0 unspecified atom stereocenters. The maximum absolute atomic E-state index is 9.41. The molecule has 1 aromatic carbocycles. The molecule has 23 heavy (non-hydrogen) atoms. The summed E-state index contributed by atoms with van der Waals surface area (Å²) in [7, 11) is 0. The molecule has 2 heterocycles. The van der Waals surface area contributed by atoms with Gasteiger partial charge in [0.2, 0.25) is 0 Å². The number of para-hydroxylation sites is 1. The molecule has 0 saturated heterocycles. The van der Waals surface area contributed by atoms with Crippen LogP contribution < -0.4 is 4.90 Å². The number of anilines is 1. The zero-order valence-electron chi connectivity index (χ0n) is 13.2. The Hall–Kier alpha value is -1.53. The molecule has 0 radical (unpaired) electrons. The number of nitrogens with zero attached hydrogens (tertiary/aromatic N) is 4. The van der Waals surface area contributed by atoms with E-state index in [9.17, 15) is 5.11 Å². The molecule has 4 rings (SSSR count). The zero-order valence-corrected chi connectivity index (χ0v) is 14.0. The summed E-state index contributed by atoms with van der Waals surface area (Å²) >= 11 is 1.76. The Kier molecular flexibility index (Phi) is 4.27. The number of aliphatic hydroxyl groups is 1. The Morgan fingerprint density at radius 2 is 2.09 bits per heavy atom. The van der Waals surface area contributed by atoms with Gasteiger partial charge in [-0.15, -0.1) is 10.2 Å². The van der Waals surface area contributed by atoms with Crippen molar-refractivity contribution in [3.8, 4) is 0 Å². The monoisotopic (exact) mass is 330 g/mol. The predicted molar refractivity (Wildman–Crippen MR) is 91.9 cm³/mol. The highest BCUT2D eigenvalue weighted by molar-refractivity contribution is 7.99. The van der Waals surface area contributed by atoms with Gasteiger partial charge in [-0.05, 0) is 37.3 Å². The molecule has 1 N–H and O–H groups in total.